The average Bonchev–Trinajstić information content (AvgIpc) is 3.38. The molecule has 45 heavy (non-hydrogen) atoms. The van der Waals surface area contributed by atoms with Crippen molar-refractivity contribution in [3.05, 3.63) is 113 Å². The van der Waals surface area contributed by atoms with Crippen LogP contribution in [-0.4, -0.2) is 27.7 Å². The van der Waals surface area contributed by atoms with E-state index in [2.05, 4.69) is 10.1 Å². The van der Waals surface area contributed by atoms with Gasteiger partial charge in [-0.15, -0.1) is 0 Å². The molecule has 0 spiro atoms. The van der Waals surface area contributed by atoms with E-state index in [0.29, 0.717) is 46.4 Å². The molecule has 0 radical (unpaired) electrons. The van der Waals surface area contributed by atoms with Crippen LogP contribution in [0.1, 0.15) is 41.7 Å². The van der Waals surface area contributed by atoms with E-state index in [1.54, 1.807) is 17.8 Å². The summed E-state index contributed by atoms with van der Waals surface area (Å²) in [4.78, 5) is 19.7. The lowest BCUT2D eigenvalue weighted by Crippen LogP contribution is -2.42. The highest BCUT2D eigenvalue weighted by atomic mass is 19.4. The minimum Gasteiger partial charge on any atom is -0.313 e. The number of aromatic nitrogens is 3. The number of alkyl halides is 6. The maximum Gasteiger partial charge on any atom is 0.416 e. The highest BCUT2D eigenvalue weighted by Crippen LogP contribution is 2.42. The number of amides is 1. The lowest BCUT2D eigenvalue weighted by molar-refractivity contribution is -0.143. The predicted molar refractivity (Wildman–Crippen MR) is 156 cm³/mol. The minimum atomic E-state index is -5.08. The molecule has 3 aromatic carbocycles. The van der Waals surface area contributed by atoms with E-state index in [-0.39, 0.29) is 11.8 Å². The number of fused-ring (bicyclic) bond motifs is 1. The molecule has 0 atom stereocenters. The van der Waals surface area contributed by atoms with Crippen molar-refractivity contribution >= 4 is 22.6 Å². The van der Waals surface area contributed by atoms with Crippen LogP contribution in [0.3, 0.4) is 0 Å². The SMILES string of the molecule is Cc1cc(F)ccc1-c1c(N(C)C(=O)C(C)(C)c2cc(C(F)(F)F)cc(C(F)(F)F)c2)cnc2c1cnn2Cc1ccccc1. The molecule has 1 amide bonds. The second-order valence-corrected chi connectivity index (χ2v) is 11.3. The zero-order chi connectivity index (χ0) is 32.9. The third kappa shape index (κ3) is 6.13. The first-order chi connectivity index (χ1) is 21.0. The predicted octanol–water partition coefficient (Wildman–Crippen LogP) is 8.57. The Kier molecular flexibility index (Phi) is 7.97. The number of hydrogen-bond donors (Lipinski definition) is 0. The number of nitrogens with zero attached hydrogens (tertiary/aromatic N) is 4. The summed E-state index contributed by atoms with van der Waals surface area (Å²) in [5, 5.41) is 5.00. The van der Waals surface area contributed by atoms with Gasteiger partial charge >= 0.3 is 12.4 Å². The van der Waals surface area contributed by atoms with Gasteiger partial charge in [-0.25, -0.2) is 14.1 Å². The zero-order valence-electron chi connectivity index (χ0n) is 24.6. The molecular formula is C33H27F7N4O. The van der Waals surface area contributed by atoms with Crippen molar-refractivity contribution in [3.63, 3.8) is 0 Å². The summed E-state index contributed by atoms with van der Waals surface area (Å²) in [7, 11) is 1.36. The van der Waals surface area contributed by atoms with Crippen molar-refractivity contribution in [1.29, 1.82) is 0 Å². The second kappa shape index (κ2) is 11.3. The van der Waals surface area contributed by atoms with Crippen LogP contribution in [0.4, 0.5) is 36.4 Å². The molecule has 5 aromatic rings. The minimum absolute atomic E-state index is 0.0220. The van der Waals surface area contributed by atoms with Crippen LogP contribution in [0.5, 0.6) is 0 Å². The van der Waals surface area contributed by atoms with Crippen LogP contribution in [0.15, 0.2) is 79.1 Å². The van der Waals surface area contributed by atoms with Gasteiger partial charge in [0.25, 0.3) is 0 Å². The highest BCUT2D eigenvalue weighted by molar-refractivity contribution is 6.08. The largest absolute Gasteiger partial charge is 0.416 e. The van der Waals surface area contributed by atoms with E-state index in [4.69, 9.17) is 0 Å². The Morgan fingerprint density at radius 1 is 0.844 bits per heavy atom. The first-order valence-electron chi connectivity index (χ1n) is 13.7. The smallest absolute Gasteiger partial charge is 0.313 e. The number of likely N-dealkylation sites (N-methyl/N-ethyl adjacent to an activating group) is 1. The van der Waals surface area contributed by atoms with E-state index >= 15 is 0 Å². The van der Waals surface area contributed by atoms with Crippen molar-refractivity contribution in [2.75, 3.05) is 11.9 Å². The van der Waals surface area contributed by atoms with Gasteiger partial charge in [0.1, 0.15) is 5.82 Å². The average molecular weight is 629 g/mol. The fourth-order valence-electron chi connectivity index (χ4n) is 5.30. The van der Waals surface area contributed by atoms with Gasteiger partial charge in [-0.05, 0) is 73.4 Å². The maximum atomic E-state index is 14.1. The standard InChI is InChI=1S/C33H27F7N4O/c1-19-12-24(34)10-11-25(19)28-26-16-42-44(18-20-8-6-5-7-9-20)29(26)41-17-27(28)43(4)30(45)31(2,3)21-13-22(32(35,36)37)15-23(14-21)33(38,39)40/h5-17H,18H2,1-4H3. The van der Waals surface area contributed by atoms with E-state index < -0.39 is 46.2 Å². The van der Waals surface area contributed by atoms with Gasteiger partial charge in [0.15, 0.2) is 5.65 Å². The van der Waals surface area contributed by atoms with Gasteiger partial charge in [0.05, 0.1) is 41.2 Å². The molecule has 0 unspecified atom stereocenters. The summed E-state index contributed by atoms with van der Waals surface area (Å²) in [6.07, 6.45) is -7.21. The molecule has 12 heteroatoms. The molecule has 0 bridgehead atoms. The number of carbonyl (C=O) groups is 1. The van der Waals surface area contributed by atoms with Crippen LogP contribution in [-0.2, 0) is 29.1 Å². The molecular weight excluding hydrogens is 601 g/mol. The third-order valence-corrected chi connectivity index (χ3v) is 7.79. The van der Waals surface area contributed by atoms with Crippen LogP contribution in [0.25, 0.3) is 22.2 Å². The normalized spacial score (nSPS) is 12.5. The Hall–Kier alpha value is -4.74. The summed E-state index contributed by atoms with van der Waals surface area (Å²) in [6.45, 7) is 4.57. The molecule has 0 saturated carbocycles. The molecule has 234 valence electrons. The lowest BCUT2D eigenvalue weighted by Gasteiger charge is -2.32. The number of hydrogen-bond acceptors (Lipinski definition) is 3. The van der Waals surface area contributed by atoms with Crippen molar-refractivity contribution in [2.45, 2.75) is 45.1 Å². The summed E-state index contributed by atoms with van der Waals surface area (Å²) in [5.41, 5.74) is -2.25. The van der Waals surface area contributed by atoms with E-state index in [1.807, 2.05) is 30.3 Å². The molecule has 0 aliphatic carbocycles. The van der Waals surface area contributed by atoms with Crippen molar-refractivity contribution in [1.82, 2.24) is 14.8 Å². The maximum absolute atomic E-state index is 14.1. The van der Waals surface area contributed by atoms with E-state index in [1.165, 1.54) is 45.3 Å². The molecule has 0 fully saturated rings. The van der Waals surface area contributed by atoms with Crippen LogP contribution < -0.4 is 4.90 Å². The Labute approximate surface area is 253 Å². The molecule has 5 nitrogen and oxygen atoms in total. The molecule has 0 saturated heterocycles. The Balaban J connectivity index is 1.65. The molecule has 5 rings (SSSR count). The van der Waals surface area contributed by atoms with E-state index in [9.17, 15) is 35.5 Å². The van der Waals surface area contributed by atoms with Gasteiger partial charge in [-0.2, -0.15) is 31.4 Å². The number of anilines is 1. The van der Waals surface area contributed by atoms with Crippen LogP contribution in [0, 0.1) is 12.7 Å². The van der Waals surface area contributed by atoms with E-state index in [0.717, 1.165) is 10.5 Å². The number of pyridine rings is 1. The summed E-state index contributed by atoms with van der Waals surface area (Å²) in [5.74, 6) is -1.28. The van der Waals surface area contributed by atoms with Crippen molar-refractivity contribution in [3.8, 4) is 11.1 Å². The summed E-state index contributed by atoms with van der Waals surface area (Å²) >= 11 is 0. The molecule has 0 aliphatic rings. The Morgan fingerprint density at radius 2 is 1.44 bits per heavy atom. The fraction of sp³-hybridized carbons (Fsp3) is 0.242. The summed E-state index contributed by atoms with van der Waals surface area (Å²) < 4.78 is 97.6. The fourth-order valence-corrected chi connectivity index (χ4v) is 5.30. The quantitative estimate of drug-likeness (QED) is 0.177. The highest BCUT2D eigenvalue weighted by Gasteiger charge is 2.41. The van der Waals surface area contributed by atoms with Crippen LogP contribution in [0.2, 0.25) is 0 Å². The number of rotatable bonds is 6. The third-order valence-electron chi connectivity index (χ3n) is 7.79. The molecule has 0 N–H and O–H groups in total. The monoisotopic (exact) mass is 628 g/mol. The van der Waals surface area contributed by atoms with Crippen molar-refractivity contribution in [2.24, 2.45) is 0 Å². The van der Waals surface area contributed by atoms with Gasteiger partial charge in [0, 0.05) is 18.0 Å². The number of benzene rings is 3. The topological polar surface area (TPSA) is 51.0 Å². The Morgan fingerprint density at radius 3 is 2.02 bits per heavy atom. The second-order valence-electron chi connectivity index (χ2n) is 11.3. The van der Waals surface area contributed by atoms with Crippen LogP contribution >= 0.6 is 0 Å². The zero-order valence-corrected chi connectivity index (χ0v) is 24.6. The molecule has 2 aromatic heterocycles. The number of halogens is 7. The summed E-state index contributed by atoms with van der Waals surface area (Å²) in [6, 6.07) is 14.7. The molecule has 0 aliphatic heterocycles. The number of carbonyl (C=O) groups excluding carboxylic acids is 1. The van der Waals surface area contributed by atoms with Gasteiger partial charge in [-0.1, -0.05) is 36.4 Å². The molecule has 2 heterocycles. The van der Waals surface area contributed by atoms with Crippen molar-refractivity contribution < 1.29 is 35.5 Å². The number of aryl methyl sites for hydroxylation is 1. The van der Waals surface area contributed by atoms with Gasteiger partial charge in [0.2, 0.25) is 5.91 Å². The Bertz CT molecular complexity index is 1860. The van der Waals surface area contributed by atoms with Gasteiger partial charge in [-0.3, -0.25) is 4.79 Å². The first kappa shape index (κ1) is 31.7. The first-order valence-corrected chi connectivity index (χ1v) is 13.7. The lowest BCUT2D eigenvalue weighted by atomic mass is 9.81. The van der Waals surface area contributed by atoms with Gasteiger partial charge < -0.3 is 4.90 Å².